The van der Waals surface area contributed by atoms with Crippen molar-refractivity contribution in [2.75, 3.05) is 19.8 Å². The van der Waals surface area contributed by atoms with E-state index in [1.807, 2.05) is 30.3 Å². The lowest BCUT2D eigenvalue weighted by Crippen LogP contribution is -2.53. The Hall–Kier alpha value is -1.66. The fourth-order valence-corrected chi connectivity index (χ4v) is 3.40. The maximum absolute atomic E-state index is 10.4. The van der Waals surface area contributed by atoms with Gasteiger partial charge in [0.25, 0.3) is 0 Å². The molecule has 0 bridgehead atoms. The molecule has 1 N–H and O–H groups in total. The summed E-state index contributed by atoms with van der Waals surface area (Å²) in [6.45, 7) is 6.17. The Morgan fingerprint density at radius 1 is 1.20 bits per heavy atom. The summed E-state index contributed by atoms with van der Waals surface area (Å²) in [5.41, 5.74) is 1.18. The van der Waals surface area contributed by atoms with Crippen LogP contribution < -0.4 is 0 Å². The molecule has 1 fully saturated rings. The van der Waals surface area contributed by atoms with Crippen molar-refractivity contribution in [2.45, 2.75) is 44.7 Å². The van der Waals surface area contributed by atoms with Crippen LogP contribution in [-0.2, 0) is 16.1 Å². The third-order valence-corrected chi connectivity index (χ3v) is 4.73. The molecule has 2 heterocycles. The van der Waals surface area contributed by atoms with Gasteiger partial charge < -0.3 is 19.0 Å². The zero-order chi connectivity index (χ0) is 17.6. The summed E-state index contributed by atoms with van der Waals surface area (Å²) < 4.78 is 16.9. The van der Waals surface area contributed by atoms with E-state index in [-0.39, 0.29) is 24.8 Å². The van der Waals surface area contributed by atoms with Gasteiger partial charge in [-0.15, -0.1) is 0 Å². The van der Waals surface area contributed by atoms with E-state index < -0.39 is 6.10 Å². The van der Waals surface area contributed by atoms with Crippen molar-refractivity contribution in [3.8, 4) is 0 Å². The van der Waals surface area contributed by atoms with Gasteiger partial charge in [0.05, 0.1) is 31.7 Å². The highest BCUT2D eigenvalue weighted by Gasteiger charge is 2.35. The molecular formula is C20H27NO4. The van der Waals surface area contributed by atoms with Gasteiger partial charge >= 0.3 is 0 Å². The maximum Gasteiger partial charge on any atom is 0.129 e. The Morgan fingerprint density at radius 2 is 2.00 bits per heavy atom. The molecule has 5 nitrogen and oxygen atoms in total. The molecular weight excluding hydrogens is 318 g/mol. The molecule has 1 aromatic carbocycles. The number of aliphatic hydroxyl groups excluding tert-OH is 1. The average Bonchev–Trinajstić information content (AvgIpc) is 3.13. The Labute approximate surface area is 149 Å². The zero-order valence-corrected chi connectivity index (χ0v) is 14.9. The van der Waals surface area contributed by atoms with Crippen LogP contribution in [0.25, 0.3) is 0 Å². The van der Waals surface area contributed by atoms with Crippen LogP contribution in [-0.4, -0.2) is 48.0 Å². The molecule has 4 atom stereocenters. The van der Waals surface area contributed by atoms with Crippen molar-refractivity contribution in [1.29, 1.82) is 0 Å². The minimum Gasteiger partial charge on any atom is -0.467 e. The average molecular weight is 345 g/mol. The normalized spacial score (nSPS) is 25.8. The van der Waals surface area contributed by atoms with Gasteiger partial charge in [-0.05, 0) is 31.5 Å². The summed E-state index contributed by atoms with van der Waals surface area (Å²) in [5.74, 6) is 0.768. The van der Waals surface area contributed by atoms with Gasteiger partial charge in [0.2, 0.25) is 0 Å². The second kappa shape index (κ2) is 8.63. The quantitative estimate of drug-likeness (QED) is 0.836. The number of benzene rings is 1. The predicted molar refractivity (Wildman–Crippen MR) is 95.1 cm³/mol. The molecule has 4 unspecified atom stereocenters. The van der Waals surface area contributed by atoms with E-state index in [9.17, 15) is 5.11 Å². The highest BCUT2D eigenvalue weighted by atomic mass is 16.5. The Bertz CT molecular complexity index is 616. The Kier molecular flexibility index (Phi) is 6.26. The molecule has 2 aromatic rings. The van der Waals surface area contributed by atoms with E-state index >= 15 is 0 Å². The third kappa shape index (κ3) is 4.70. The molecule has 1 aromatic heterocycles. The van der Waals surface area contributed by atoms with Crippen LogP contribution in [0.15, 0.2) is 53.1 Å². The van der Waals surface area contributed by atoms with Crippen molar-refractivity contribution in [3.63, 3.8) is 0 Å². The van der Waals surface area contributed by atoms with Crippen molar-refractivity contribution >= 4 is 0 Å². The fraction of sp³-hybridized carbons (Fsp3) is 0.500. The summed E-state index contributed by atoms with van der Waals surface area (Å²) in [7, 11) is 0. The number of β-amino-alcohol motifs (C(OH)–C–C–N with tert-alkyl or cyclic N) is 1. The first-order valence-electron chi connectivity index (χ1n) is 8.85. The van der Waals surface area contributed by atoms with E-state index in [1.54, 1.807) is 6.26 Å². The fourth-order valence-electron chi connectivity index (χ4n) is 3.40. The first kappa shape index (κ1) is 18.1. The van der Waals surface area contributed by atoms with Gasteiger partial charge in [-0.25, -0.2) is 0 Å². The molecule has 0 amide bonds. The number of furan rings is 1. The summed E-state index contributed by atoms with van der Waals surface area (Å²) in [6, 6.07) is 14.4. The molecule has 136 valence electrons. The van der Waals surface area contributed by atoms with Gasteiger partial charge in [0, 0.05) is 18.6 Å². The number of aliphatic hydroxyl groups is 1. The third-order valence-electron chi connectivity index (χ3n) is 4.73. The van der Waals surface area contributed by atoms with Crippen molar-refractivity contribution in [1.82, 2.24) is 4.90 Å². The second-order valence-electron chi connectivity index (χ2n) is 6.70. The van der Waals surface area contributed by atoms with Crippen LogP contribution in [0.2, 0.25) is 0 Å². The van der Waals surface area contributed by atoms with E-state index in [2.05, 4.69) is 30.9 Å². The van der Waals surface area contributed by atoms with Gasteiger partial charge in [-0.3, -0.25) is 4.90 Å². The first-order valence-corrected chi connectivity index (χ1v) is 8.85. The van der Waals surface area contributed by atoms with E-state index in [0.29, 0.717) is 19.8 Å². The van der Waals surface area contributed by atoms with Crippen LogP contribution in [0.3, 0.4) is 0 Å². The summed E-state index contributed by atoms with van der Waals surface area (Å²) in [5, 5.41) is 10.4. The highest BCUT2D eigenvalue weighted by Crippen LogP contribution is 2.30. The minimum absolute atomic E-state index is 0.0219. The first-order chi connectivity index (χ1) is 12.1. The topological polar surface area (TPSA) is 55.1 Å². The summed E-state index contributed by atoms with van der Waals surface area (Å²) in [4.78, 5) is 2.31. The number of ether oxygens (including phenoxy) is 2. The highest BCUT2D eigenvalue weighted by molar-refractivity contribution is 5.19. The number of morpholine rings is 1. The van der Waals surface area contributed by atoms with E-state index in [4.69, 9.17) is 13.9 Å². The standard InChI is InChI=1S/C20H27NO4/c1-15-12-25-20(17-7-4-3-5-8-17)16(2)21(15)11-18(22)13-23-14-19-9-6-10-24-19/h3-10,15-16,18,20,22H,11-14H2,1-2H3. The lowest BCUT2D eigenvalue weighted by atomic mass is 9.98. The van der Waals surface area contributed by atoms with Crippen molar-refractivity contribution in [3.05, 3.63) is 60.1 Å². The number of hydrogen-bond donors (Lipinski definition) is 1. The van der Waals surface area contributed by atoms with Crippen LogP contribution in [0.5, 0.6) is 0 Å². The number of nitrogens with zero attached hydrogens (tertiary/aromatic N) is 1. The monoisotopic (exact) mass is 345 g/mol. The molecule has 0 aliphatic carbocycles. The molecule has 3 rings (SSSR count). The van der Waals surface area contributed by atoms with Crippen molar-refractivity contribution < 1.29 is 19.0 Å². The van der Waals surface area contributed by atoms with Crippen LogP contribution in [0, 0.1) is 0 Å². The maximum atomic E-state index is 10.4. The molecule has 1 saturated heterocycles. The lowest BCUT2D eigenvalue weighted by Gasteiger charge is -2.44. The molecule has 0 spiro atoms. The largest absolute Gasteiger partial charge is 0.467 e. The van der Waals surface area contributed by atoms with E-state index in [1.165, 1.54) is 5.56 Å². The van der Waals surface area contributed by atoms with Gasteiger partial charge in [0.1, 0.15) is 12.4 Å². The van der Waals surface area contributed by atoms with Gasteiger partial charge in [-0.1, -0.05) is 30.3 Å². The lowest BCUT2D eigenvalue weighted by molar-refractivity contribution is -0.111. The van der Waals surface area contributed by atoms with Gasteiger partial charge in [-0.2, -0.15) is 0 Å². The van der Waals surface area contributed by atoms with Crippen molar-refractivity contribution in [2.24, 2.45) is 0 Å². The summed E-state index contributed by atoms with van der Waals surface area (Å²) >= 11 is 0. The molecule has 0 saturated carbocycles. The van der Waals surface area contributed by atoms with Crippen LogP contribution >= 0.6 is 0 Å². The SMILES string of the molecule is CC1COC(c2ccccc2)C(C)N1CC(O)COCc1ccco1. The summed E-state index contributed by atoms with van der Waals surface area (Å²) in [6.07, 6.45) is 1.10. The number of rotatable bonds is 7. The zero-order valence-electron chi connectivity index (χ0n) is 14.9. The molecule has 1 aliphatic rings. The smallest absolute Gasteiger partial charge is 0.129 e. The van der Waals surface area contributed by atoms with Crippen LogP contribution in [0.1, 0.15) is 31.3 Å². The predicted octanol–water partition coefficient (Wildman–Crippen LogP) is 3.01. The molecule has 0 radical (unpaired) electrons. The number of hydrogen-bond acceptors (Lipinski definition) is 5. The molecule has 25 heavy (non-hydrogen) atoms. The minimum atomic E-state index is -0.547. The Morgan fingerprint density at radius 3 is 2.72 bits per heavy atom. The molecule has 1 aliphatic heterocycles. The van der Waals surface area contributed by atoms with Crippen LogP contribution in [0.4, 0.5) is 0 Å². The molecule has 5 heteroatoms. The Balaban J connectivity index is 1.54. The van der Waals surface area contributed by atoms with E-state index in [0.717, 1.165) is 5.76 Å². The van der Waals surface area contributed by atoms with Gasteiger partial charge in [0.15, 0.2) is 0 Å². The second-order valence-corrected chi connectivity index (χ2v) is 6.70.